The van der Waals surface area contributed by atoms with Gasteiger partial charge in [0.2, 0.25) is 0 Å². The second kappa shape index (κ2) is 8.28. The molecule has 1 aromatic rings. The van der Waals surface area contributed by atoms with Crippen LogP contribution in [0.15, 0.2) is 0 Å². The summed E-state index contributed by atoms with van der Waals surface area (Å²) in [5.74, 6) is 0. The van der Waals surface area contributed by atoms with Gasteiger partial charge in [-0.05, 0) is 46.5 Å². The standard InChI is InChI=1S/C18H32N2S/c1-18(2,3)19-14-17-20-15-12-10-8-6-4-5-7-9-11-13-16(15)21-17/h19H,4-14H2,1-3H3. The van der Waals surface area contributed by atoms with Crippen molar-refractivity contribution in [3.63, 3.8) is 0 Å². The van der Waals surface area contributed by atoms with Gasteiger partial charge in [0, 0.05) is 17.0 Å². The van der Waals surface area contributed by atoms with Gasteiger partial charge in [-0.3, -0.25) is 0 Å². The molecule has 1 N–H and O–H groups in total. The van der Waals surface area contributed by atoms with E-state index in [1.165, 1.54) is 74.9 Å². The number of thiazole rings is 1. The molecular weight excluding hydrogens is 276 g/mol. The van der Waals surface area contributed by atoms with E-state index in [-0.39, 0.29) is 5.54 Å². The molecule has 1 aliphatic rings. The fourth-order valence-electron chi connectivity index (χ4n) is 2.88. The van der Waals surface area contributed by atoms with Gasteiger partial charge in [-0.15, -0.1) is 11.3 Å². The van der Waals surface area contributed by atoms with Crippen LogP contribution in [0.2, 0.25) is 0 Å². The molecule has 21 heavy (non-hydrogen) atoms. The van der Waals surface area contributed by atoms with E-state index in [4.69, 9.17) is 4.98 Å². The molecule has 0 radical (unpaired) electrons. The number of rotatable bonds is 2. The van der Waals surface area contributed by atoms with Crippen LogP contribution >= 0.6 is 11.3 Å². The molecule has 0 spiro atoms. The van der Waals surface area contributed by atoms with Crippen LogP contribution in [0.5, 0.6) is 0 Å². The average molecular weight is 309 g/mol. The van der Waals surface area contributed by atoms with Gasteiger partial charge in [0.15, 0.2) is 0 Å². The van der Waals surface area contributed by atoms with Gasteiger partial charge in [-0.2, -0.15) is 0 Å². The lowest BCUT2D eigenvalue weighted by Gasteiger charge is -2.19. The molecule has 1 aliphatic carbocycles. The first kappa shape index (κ1) is 17.0. The maximum Gasteiger partial charge on any atom is 0.107 e. The Bertz CT molecular complexity index is 388. The van der Waals surface area contributed by atoms with Crippen molar-refractivity contribution in [2.24, 2.45) is 0 Å². The minimum atomic E-state index is 0.171. The molecule has 0 amide bonds. The molecule has 0 unspecified atom stereocenters. The fraction of sp³-hybridized carbons (Fsp3) is 0.833. The van der Waals surface area contributed by atoms with Crippen LogP contribution in [-0.2, 0) is 19.4 Å². The van der Waals surface area contributed by atoms with Crippen molar-refractivity contribution in [3.05, 3.63) is 15.6 Å². The number of aromatic nitrogens is 1. The largest absolute Gasteiger partial charge is 0.306 e. The second-order valence-electron chi connectivity index (χ2n) is 7.41. The molecule has 0 aliphatic heterocycles. The van der Waals surface area contributed by atoms with Crippen LogP contribution in [0, 0.1) is 0 Å². The highest BCUT2D eigenvalue weighted by atomic mass is 32.1. The van der Waals surface area contributed by atoms with E-state index < -0.39 is 0 Å². The molecule has 0 bridgehead atoms. The number of aryl methyl sites for hydroxylation is 2. The molecule has 1 aromatic heterocycles. The van der Waals surface area contributed by atoms with Gasteiger partial charge in [0.1, 0.15) is 5.01 Å². The number of fused-ring (bicyclic) bond motifs is 1. The zero-order valence-electron chi connectivity index (χ0n) is 14.1. The van der Waals surface area contributed by atoms with Crippen molar-refractivity contribution < 1.29 is 0 Å². The summed E-state index contributed by atoms with van der Waals surface area (Å²) < 4.78 is 0. The molecule has 0 saturated heterocycles. The Morgan fingerprint density at radius 2 is 1.48 bits per heavy atom. The van der Waals surface area contributed by atoms with Gasteiger partial charge in [0.25, 0.3) is 0 Å². The number of hydrogen-bond donors (Lipinski definition) is 1. The first-order valence-corrected chi connectivity index (χ1v) is 9.59. The van der Waals surface area contributed by atoms with Crippen molar-refractivity contribution in [2.45, 2.75) is 97.1 Å². The summed E-state index contributed by atoms with van der Waals surface area (Å²) in [5, 5.41) is 4.85. The molecule has 120 valence electrons. The highest BCUT2D eigenvalue weighted by Crippen LogP contribution is 2.25. The molecule has 1 heterocycles. The Balaban J connectivity index is 1.98. The van der Waals surface area contributed by atoms with Crippen molar-refractivity contribution in [1.82, 2.24) is 10.3 Å². The van der Waals surface area contributed by atoms with E-state index in [0.717, 1.165) is 6.54 Å². The van der Waals surface area contributed by atoms with Crippen molar-refractivity contribution in [1.29, 1.82) is 0 Å². The fourth-order valence-corrected chi connectivity index (χ4v) is 3.98. The predicted octanol–water partition coefficient (Wildman–Crippen LogP) is 5.25. The third-order valence-corrected chi connectivity index (χ3v) is 5.32. The molecule has 0 saturated carbocycles. The monoisotopic (exact) mass is 308 g/mol. The Morgan fingerprint density at radius 3 is 2.10 bits per heavy atom. The van der Waals surface area contributed by atoms with Crippen LogP contribution in [0.25, 0.3) is 0 Å². The molecular formula is C18H32N2S. The summed E-state index contributed by atoms with van der Waals surface area (Å²) in [6, 6.07) is 0. The maximum atomic E-state index is 4.94. The van der Waals surface area contributed by atoms with Crippen molar-refractivity contribution in [3.8, 4) is 0 Å². The van der Waals surface area contributed by atoms with E-state index in [2.05, 4.69) is 26.1 Å². The Labute approximate surface area is 134 Å². The van der Waals surface area contributed by atoms with Gasteiger partial charge in [-0.1, -0.05) is 38.5 Å². The highest BCUT2D eigenvalue weighted by Gasteiger charge is 2.14. The van der Waals surface area contributed by atoms with Crippen LogP contribution in [-0.4, -0.2) is 10.5 Å². The topological polar surface area (TPSA) is 24.9 Å². The normalized spacial score (nSPS) is 18.6. The summed E-state index contributed by atoms with van der Waals surface area (Å²) in [6.45, 7) is 7.58. The second-order valence-corrected chi connectivity index (χ2v) is 8.58. The van der Waals surface area contributed by atoms with Crippen molar-refractivity contribution in [2.75, 3.05) is 0 Å². The Morgan fingerprint density at radius 1 is 0.905 bits per heavy atom. The van der Waals surface area contributed by atoms with Gasteiger partial charge in [0.05, 0.1) is 5.69 Å². The van der Waals surface area contributed by atoms with Gasteiger partial charge in [-0.25, -0.2) is 4.98 Å². The van der Waals surface area contributed by atoms with Gasteiger partial charge >= 0.3 is 0 Å². The van der Waals surface area contributed by atoms with Crippen molar-refractivity contribution >= 4 is 11.3 Å². The first-order valence-electron chi connectivity index (χ1n) is 8.77. The minimum absolute atomic E-state index is 0.171. The highest BCUT2D eigenvalue weighted by molar-refractivity contribution is 7.11. The number of hydrogen-bond acceptors (Lipinski definition) is 3. The quantitative estimate of drug-likeness (QED) is 0.807. The Hall–Kier alpha value is -0.410. The van der Waals surface area contributed by atoms with E-state index in [0.29, 0.717) is 0 Å². The molecule has 2 nitrogen and oxygen atoms in total. The molecule has 0 aromatic carbocycles. The molecule has 0 fully saturated rings. The van der Waals surface area contributed by atoms with Gasteiger partial charge < -0.3 is 5.32 Å². The summed E-state index contributed by atoms with van der Waals surface area (Å²) in [6.07, 6.45) is 13.6. The summed E-state index contributed by atoms with van der Waals surface area (Å²) in [7, 11) is 0. The first-order chi connectivity index (χ1) is 10.0. The maximum absolute atomic E-state index is 4.94. The molecule has 2 rings (SSSR count). The summed E-state index contributed by atoms with van der Waals surface area (Å²) >= 11 is 1.95. The lowest BCUT2D eigenvalue weighted by Crippen LogP contribution is -2.35. The lowest BCUT2D eigenvalue weighted by molar-refractivity contribution is 0.423. The van der Waals surface area contributed by atoms with Crippen LogP contribution < -0.4 is 5.32 Å². The predicted molar refractivity (Wildman–Crippen MR) is 93.1 cm³/mol. The smallest absolute Gasteiger partial charge is 0.107 e. The Kier molecular flexibility index (Phi) is 6.69. The summed E-state index contributed by atoms with van der Waals surface area (Å²) in [5.41, 5.74) is 1.58. The zero-order valence-corrected chi connectivity index (χ0v) is 15.0. The van der Waals surface area contributed by atoms with Crippen LogP contribution in [0.1, 0.15) is 87.7 Å². The number of nitrogens with zero attached hydrogens (tertiary/aromatic N) is 1. The SMILES string of the molecule is CC(C)(C)NCc1nc2c(s1)CCCCCCCCCC2. The van der Waals surface area contributed by atoms with E-state index in [1.54, 1.807) is 4.88 Å². The molecule has 0 atom stereocenters. The van der Waals surface area contributed by atoms with Crippen LogP contribution in [0.3, 0.4) is 0 Å². The lowest BCUT2D eigenvalue weighted by atomic mass is 10.0. The van der Waals surface area contributed by atoms with E-state index >= 15 is 0 Å². The third kappa shape index (κ3) is 6.48. The zero-order chi connectivity index (χ0) is 15.1. The third-order valence-electron chi connectivity index (χ3n) is 4.16. The van der Waals surface area contributed by atoms with E-state index in [1.807, 2.05) is 11.3 Å². The summed E-state index contributed by atoms with van der Waals surface area (Å²) in [4.78, 5) is 6.51. The minimum Gasteiger partial charge on any atom is -0.306 e. The molecule has 3 heteroatoms. The number of nitrogens with one attached hydrogen (secondary N) is 1. The van der Waals surface area contributed by atoms with Crippen LogP contribution in [0.4, 0.5) is 0 Å². The average Bonchev–Trinajstić information content (AvgIpc) is 2.78. The van der Waals surface area contributed by atoms with E-state index in [9.17, 15) is 0 Å².